The summed E-state index contributed by atoms with van der Waals surface area (Å²) in [4.78, 5) is 26.6. The Labute approximate surface area is 199 Å². The number of nitrogens with zero attached hydrogens (tertiary/aromatic N) is 1. The van der Waals surface area contributed by atoms with E-state index in [1.165, 1.54) is 0 Å². The van der Waals surface area contributed by atoms with Crippen molar-refractivity contribution < 1.29 is 33.3 Å². The summed E-state index contributed by atoms with van der Waals surface area (Å²) in [6, 6.07) is 6.90. The number of phenols is 1. The van der Waals surface area contributed by atoms with Gasteiger partial charge in [-0.05, 0) is 70.4 Å². The van der Waals surface area contributed by atoms with Crippen LogP contribution in [0.3, 0.4) is 0 Å². The zero-order chi connectivity index (χ0) is 24.5. The Kier molecular flexibility index (Phi) is 7.05. The second kappa shape index (κ2) is 9.70. The van der Waals surface area contributed by atoms with Gasteiger partial charge in [-0.3, -0.25) is 4.79 Å². The molecule has 1 aromatic rings. The highest BCUT2D eigenvalue weighted by molar-refractivity contribution is 5.81. The number of likely N-dealkylation sites (tertiary alicyclic amines) is 1. The number of morpholine rings is 1. The number of alkyl halides is 1. The minimum absolute atomic E-state index is 0.00521. The standard InChI is InChI=1S/C25H35FN2O6/c1-24(2,3)34-23(31)28-13-12-25(15-33-21(26)22(30)27-25)20(28)14-32-17-10-8-16(9-11-17)18-6-4-5-7-19(18)29/h4-7,16-17,20-21,29H,8-15H2,1-3H3,(H,27,30)/t16?,17?,20-,21?,25+/m0/s1. The van der Waals surface area contributed by atoms with Gasteiger partial charge in [0.25, 0.3) is 12.3 Å². The number of hydrogen-bond acceptors (Lipinski definition) is 6. The van der Waals surface area contributed by atoms with E-state index >= 15 is 0 Å². The largest absolute Gasteiger partial charge is 0.508 e. The van der Waals surface area contributed by atoms with Crippen LogP contribution in [0.4, 0.5) is 9.18 Å². The number of para-hydroxylation sites is 1. The third kappa shape index (κ3) is 5.30. The minimum atomic E-state index is -2.01. The fourth-order valence-electron chi connectivity index (χ4n) is 5.28. The first-order valence-corrected chi connectivity index (χ1v) is 12.0. The van der Waals surface area contributed by atoms with E-state index in [9.17, 15) is 19.1 Å². The van der Waals surface area contributed by atoms with Gasteiger partial charge in [0.2, 0.25) is 0 Å². The molecule has 1 spiro atoms. The van der Waals surface area contributed by atoms with E-state index in [1.54, 1.807) is 31.7 Å². The maximum atomic E-state index is 13.7. The Morgan fingerprint density at radius 1 is 1.26 bits per heavy atom. The summed E-state index contributed by atoms with van der Waals surface area (Å²) in [7, 11) is 0. The highest BCUT2D eigenvalue weighted by Gasteiger charge is 2.54. The van der Waals surface area contributed by atoms with Gasteiger partial charge in [0, 0.05) is 6.54 Å². The molecule has 2 saturated heterocycles. The number of carbonyl (C=O) groups is 2. The molecule has 2 N–H and O–H groups in total. The van der Waals surface area contributed by atoms with Gasteiger partial charge >= 0.3 is 6.09 Å². The second-order valence-corrected chi connectivity index (χ2v) is 10.6. The van der Waals surface area contributed by atoms with Gasteiger partial charge in [-0.25, -0.2) is 9.18 Å². The molecule has 1 aliphatic carbocycles. The molecule has 9 heteroatoms. The Morgan fingerprint density at radius 3 is 2.62 bits per heavy atom. The average molecular weight is 479 g/mol. The molecule has 3 aliphatic rings. The third-order valence-corrected chi connectivity index (χ3v) is 7.05. The molecule has 1 aromatic carbocycles. The first kappa shape index (κ1) is 24.7. The van der Waals surface area contributed by atoms with Crippen molar-refractivity contribution in [2.75, 3.05) is 19.8 Å². The van der Waals surface area contributed by atoms with Crippen LogP contribution in [0.1, 0.15) is 64.4 Å². The molecule has 1 saturated carbocycles. The molecule has 2 heterocycles. The van der Waals surface area contributed by atoms with Crippen LogP contribution in [0.15, 0.2) is 24.3 Å². The lowest BCUT2D eigenvalue weighted by atomic mass is 9.82. The molecule has 8 nitrogen and oxygen atoms in total. The Bertz CT molecular complexity index is 898. The third-order valence-electron chi connectivity index (χ3n) is 7.05. The lowest BCUT2D eigenvalue weighted by Crippen LogP contribution is -2.66. The van der Waals surface area contributed by atoms with E-state index in [2.05, 4.69) is 5.32 Å². The molecular weight excluding hydrogens is 443 g/mol. The quantitative estimate of drug-likeness (QED) is 0.686. The summed E-state index contributed by atoms with van der Waals surface area (Å²) >= 11 is 0. The number of carbonyl (C=O) groups excluding carboxylic acids is 2. The van der Waals surface area contributed by atoms with Crippen LogP contribution in [-0.2, 0) is 19.0 Å². The number of nitrogens with one attached hydrogen (secondary N) is 1. The first-order chi connectivity index (χ1) is 16.1. The fourth-order valence-corrected chi connectivity index (χ4v) is 5.28. The predicted octanol–water partition coefficient (Wildman–Crippen LogP) is 3.63. The van der Waals surface area contributed by atoms with Crippen molar-refractivity contribution in [2.24, 2.45) is 0 Å². The van der Waals surface area contributed by atoms with Crippen LogP contribution in [-0.4, -0.2) is 71.4 Å². The zero-order valence-electron chi connectivity index (χ0n) is 20.1. The van der Waals surface area contributed by atoms with Crippen LogP contribution in [0.5, 0.6) is 5.75 Å². The molecule has 4 rings (SSSR count). The molecule has 0 radical (unpaired) electrons. The molecule has 2 amide bonds. The van der Waals surface area contributed by atoms with Gasteiger partial charge in [0.05, 0.1) is 30.9 Å². The number of benzene rings is 1. The van der Waals surface area contributed by atoms with E-state index < -0.39 is 35.5 Å². The fraction of sp³-hybridized carbons (Fsp3) is 0.680. The number of aromatic hydroxyl groups is 1. The van der Waals surface area contributed by atoms with Crippen molar-refractivity contribution in [1.29, 1.82) is 0 Å². The summed E-state index contributed by atoms with van der Waals surface area (Å²) < 4.78 is 30.7. The maximum absolute atomic E-state index is 13.7. The lowest BCUT2D eigenvalue weighted by molar-refractivity contribution is -0.165. The van der Waals surface area contributed by atoms with Crippen molar-refractivity contribution in [3.05, 3.63) is 29.8 Å². The molecule has 34 heavy (non-hydrogen) atoms. The van der Waals surface area contributed by atoms with E-state index in [4.69, 9.17) is 14.2 Å². The van der Waals surface area contributed by atoms with Crippen LogP contribution >= 0.6 is 0 Å². The molecule has 1 unspecified atom stereocenters. The Balaban J connectivity index is 1.42. The van der Waals surface area contributed by atoms with Crippen molar-refractivity contribution in [2.45, 2.75) is 88.4 Å². The van der Waals surface area contributed by atoms with Crippen molar-refractivity contribution in [3.8, 4) is 5.75 Å². The summed E-state index contributed by atoms with van der Waals surface area (Å²) in [5.74, 6) is -0.220. The van der Waals surface area contributed by atoms with Gasteiger partial charge in [0.15, 0.2) is 0 Å². The number of ether oxygens (including phenoxy) is 3. The highest BCUT2D eigenvalue weighted by Crippen LogP contribution is 2.39. The average Bonchev–Trinajstić information content (AvgIpc) is 3.12. The molecule has 188 valence electrons. The van der Waals surface area contributed by atoms with Crippen LogP contribution in [0.2, 0.25) is 0 Å². The van der Waals surface area contributed by atoms with Crippen LogP contribution in [0, 0.1) is 0 Å². The number of halogens is 1. The summed E-state index contributed by atoms with van der Waals surface area (Å²) in [6.07, 6.45) is 1.34. The van der Waals surface area contributed by atoms with E-state index in [0.29, 0.717) is 18.7 Å². The summed E-state index contributed by atoms with van der Waals surface area (Å²) in [5, 5.41) is 12.9. The monoisotopic (exact) mass is 478 g/mol. The number of phenolic OH excluding ortho intramolecular Hbond substituents is 1. The maximum Gasteiger partial charge on any atom is 0.410 e. The van der Waals surface area contributed by atoms with Crippen molar-refractivity contribution >= 4 is 12.0 Å². The number of rotatable bonds is 4. The molecule has 3 fully saturated rings. The van der Waals surface area contributed by atoms with Gasteiger partial charge in [0.1, 0.15) is 11.4 Å². The summed E-state index contributed by atoms with van der Waals surface area (Å²) in [6.45, 7) is 5.89. The van der Waals surface area contributed by atoms with Crippen molar-refractivity contribution in [3.63, 3.8) is 0 Å². The van der Waals surface area contributed by atoms with E-state index in [1.807, 2.05) is 18.2 Å². The van der Waals surface area contributed by atoms with Crippen molar-refractivity contribution in [1.82, 2.24) is 10.2 Å². The molecular formula is C25H35FN2O6. The van der Waals surface area contributed by atoms with Crippen LogP contribution in [0.25, 0.3) is 0 Å². The Hall–Kier alpha value is -2.39. The van der Waals surface area contributed by atoms with Gasteiger partial charge in [-0.2, -0.15) is 0 Å². The first-order valence-electron chi connectivity index (χ1n) is 12.0. The smallest absolute Gasteiger partial charge is 0.410 e. The normalized spacial score (nSPS) is 32.0. The minimum Gasteiger partial charge on any atom is -0.508 e. The Morgan fingerprint density at radius 2 is 1.97 bits per heavy atom. The topological polar surface area (TPSA) is 97.3 Å². The van der Waals surface area contributed by atoms with E-state index in [0.717, 1.165) is 31.2 Å². The number of hydrogen-bond donors (Lipinski definition) is 2. The molecule has 0 aromatic heterocycles. The van der Waals surface area contributed by atoms with Gasteiger partial charge in [-0.15, -0.1) is 0 Å². The molecule has 3 atom stereocenters. The molecule has 2 aliphatic heterocycles. The van der Waals surface area contributed by atoms with Gasteiger partial charge in [-0.1, -0.05) is 18.2 Å². The SMILES string of the molecule is CC(C)(C)OC(=O)N1CC[C@@]2(COC(F)C(=O)N2)[C@@H]1COC1CCC(c2ccccc2O)CC1. The van der Waals surface area contributed by atoms with E-state index in [-0.39, 0.29) is 25.2 Å². The van der Waals surface area contributed by atoms with Gasteiger partial charge < -0.3 is 29.5 Å². The lowest BCUT2D eigenvalue weighted by Gasteiger charge is -2.42. The zero-order valence-corrected chi connectivity index (χ0v) is 20.1. The van der Waals surface area contributed by atoms with Crippen LogP contribution < -0.4 is 5.32 Å². The summed E-state index contributed by atoms with van der Waals surface area (Å²) in [5.41, 5.74) is -0.616. The molecule has 0 bridgehead atoms. The predicted molar refractivity (Wildman–Crippen MR) is 122 cm³/mol. The highest BCUT2D eigenvalue weighted by atomic mass is 19.1. The number of amides is 2. The second-order valence-electron chi connectivity index (χ2n) is 10.6.